The number of carbonyl (C=O) groups excluding carboxylic acids is 1. The molecule has 202 valence electrons. The number of aryl methyl sites for hydroxylation is 2. The number of benzene rings is 3. The Morgan fingerprint density at radius 3 is 2.73 bits per heavy atom. The normalized spacial score (nSPS) is 15.5. The number of carbonyl (C=O) groups is 1. The number of amides is 1. The highest BCUT2D eigenvalue weighted by molar-refractivity contribution is 5.93. The van der Waals surface area contributed by atoms with E-state index in [-0.39, 0.29) is 11.9 Å². The molecule has 8 nitrogen and oxygen atoms in total. The number of piperazine rings is 1. The van der Waals surface area contributed by atoms with Crippen molar-refractivity contribution in [1.82, 2.24) is 24.4 Å². The van der Waals surface area contributed by atoms with Gasteiger partial charge in [0.1, 0.15) is 12.1 Å². The van der Waals surface area contributed by atoms with E-state index in [9.17, 15) is 4.79 Å². The van der Waals surface area contributed by atoms with Crippen LogP contribution in [-0.4, -0.2) is 56.0 Å². The summed E-state index contributed by atoms with van der Waals surface area (Å²) in [6.45, 7) is 10.1. The molecule has 0 bridgehead atoms. The van der Waals surface area contributed by atoms with Crippen LogP contribution in [0.4, 0.5) is 17.2 Å². The van der Waals surface area contributed by atoms with Crippen LogP contribution in [0.5, 0.6) is 0 Å². The predicted molar refractivity (Wildman–Crippen MR) is 161 cm³/mol. The van der Waals surface area contributed by atoms with E-state index in [1.54, 1.807) is 6.33 Å². The van der Waals surface area contributed by atoms with Crippen molar-refractivity contribution in [3.8, 4) is 0 Å². The summed E-state index contributed by atoms with van der Waals surface area (Å²) in [5.41, 5.74) is 8.86. The lowest BCUT2D eigenvalue weighted by Gasteiger charge is -2.40. The fourth-order valence-electron chi connectivity index (χ4n) is 5.60. The van der Waals surface area contributed by atoms with Gasteiger partial charge in [0, 0.05) is 49.5 Å². The Balaban J connectivity index is 1.21. The summed E-state index contributed by atoms with van der Waals surface area (Å²) in [7, 11) is 2.02. The summed E-state index contributed by atoms with van der Waals surface area (Å²) < 4.78 is 2.04. The first kappa shape index (κ1) is 25.6. The summed E-state index contributed by atoms with van der Waals surface area (Å²) in [4.78, 5) is 29.9. The van der Waals surface area contributed by atoms with Gasteiger partial charge in [0.15, 0.2) is 0 Å². The van der Waals surface area contributed by atoms with E-state index in [2.05, 4.69) is 94.1 Å². The molecule has 0 aliphatic carbocycles. The molecule has 0 unspecified atom stereocenters. The zero-order valence-corrected chi connectivity index (χ0v) is 23.1. The number of hydrogen-bond acceptors (Lipinski definition) is 6. The first-order valence-corrected chi connectivity index (χ1v) is 13.6. The highest BCUT2D eigenvalue weighted by atomic mass is 16.2. The second-order valence-electron chi connectivity index (χ2n) is 10.6. The predicted octanol–water partition coefficient (Wildman–Crippen LogP) is 5.38. The molecule has 5 aromatic rings. The molecule has 40 heavy (non-hydrogen) atoms. The first-order chi connectivity index (χ1) is 19.4. The van der Waals surface area contributed by atoms with Crippen molar-refractivity contribution >= 4 is 45.0 Å². The molecule has 3 aromatic carbocycles. The number of anilines is 3. The highest BCUT2D eigenvalue weighted by Gasteiger charge is 2.26. The van der Waals surface area contributed by atoms with Gasteiger partial charge < -0.3 is 19.7 Å². The van der Waals surface area contributed by atoms with Gasteiger partial charge in [0.25, 0.3) is 0 Å². The number of imidazole rings is 1. The van der Waals surface area contributed by atoms with Crippen LogP contribution in [0.3, 0.4) is 0 Å². The summed E-state index contributed by atoms with van der Waals surface area (Å²) in [6.07, 6.45) is 5.70. The fraction of sp³-hybridized carbons (Fsp3) is 0.250. The van der Waals surface area contributed by atoms with E-state index in [0.717, 1.165) is 58.6 Å². The van der Waals surface area contributed by atoms with Crippen LogP contribution in [0.15, 0.2) is 79.9 Å². The average Bonchev–Trinajstić information content (AvgIpc) is 3.33. The Morgan fingerprint density at radius 1 is 1.05 bits per heavy atom. The lowest BCUT2D eigenvalue weighted by Crippen LogP contribution is -2.53. The van der Waals surface area contributed by atoms with Gasteiger partial charge in [-0.2, -0.15) is 0 Å². The zero-order chi connectivity index (χ0) is 27.8. The van der Waals surface area contributed by atoms with Crippen LogP contribution in [0.2, 0.25) is 0 Å². The molecular weight excluding hydrogens is 498 g/mol. The van der Waals surface area contributed by atoms with Crippen molar-refractivity contribution in [2.24, 2.45) is 7.05 Å². The van der Waals surface area contributed by atoms with Crippen LogP contribution in [0.25, 0.3) is 21.9 Å². The molecule has 3 heterocycles. The van der Waals surface area contributed by atoms with Crippen LogP contribution < -0.4 is 10.2 Å². The molecule has 6 rings (SSSR count). The van der Waals surface area contributed by atoms with Gasteiger partial charge in [-0.05, 0) is 85.5 Å². The van der Waals surface area contributed by atoms with Crippen molar-refractivity contribution in [3.05, 3.63) is 96.6 Å². The first-order valence-electron chi connectivity index (χ1n) is 13.6. The molecule has 1 amide bonds. The minimum atomic E-state index is -0.0128. The van der Waals surface area contributed by atoms with Crippen LogP contribution in [-0.2, 0) is 18.3 Å². The van der Waals surface area contributed by atoms with Crippen LogP contribution in [0.1, 0.15) is 23.6 Å². The quantitative estimate of drug-likeness (QED) is 0.296. The maximum absolute atomic E-state index is 12.2. The van der Waals surface area contributed by atoms with Gasteiger partial charge in [-0.1, -0.05) is 18.7 Å². The van der Waals surface area contributed by atoms with Gasteiger partial charge in [-0.3, -0.25) is 4.79 Å². The van der Waals surface area contributed by atoms with E-state index in [0.29, 0.717) is 6.54 Å². The third-order valence-electron chi connectivity index (χ3n) is 7.86. The molecule has 1 aliphatic rings. The highest BCUT2D eigenvalue weighted by Crippen LogP contribution is 2.30. The van der Waals surface area contributed by atoms with Gasteiger partial charge in [0.05, 0.1) is 22.9 Å². The Labute approximate surface area is 234 Å². The molecule has 1 fully saturated rings. The van der Waals surface area contributed by atoms with Crippen molar-refractivity contribution in [3.63, 3.8) is 0 Å². The van der Waals surface area contributed by atoms with Gasteiger partial charge in [-0.15, -0.1) is 0 Å². The monoisotopic (exact) mass is 531 g/mol. The average molecular weight is 532 g/mol. The van der Waals surface area contributed by atoms with Crippen LogP contribution in [0, 0.1) is 6.92 Å². The van der Waals surface area contributed by atoms with Gasteiger partial charge >= 0.3 is 0 Å². The van der Waals surface area contributed by atoms with Crippen molar-refractivity contribution in [1.29, 1.82) is 0 Å². The maximum atomic E-state index is 12.2. The second-order valence-corrected chi connectivity index (χ2v) is 10.6. The lowest BCUT2D eigenvalue weighted by atomic mass is 9.99. The Bertz CT molecular complexity index is 1740. The number of hydrogen-bond donors (Lipinski definition) is 1. The zero-order valence-electron chi connectivity index (χ0n) is 23.1. The molecule has 1 atom stereocenters. The fourth-order valence-corrected chi connectivity index (χ4v) is 5.60. The van der Waals surface area contributed by atoms with Crippen molar-refractivity contribution in [2.45, 2.75) is 26.3 Å². The molecule has 0 radical (unpaired) electrons. The SMILES string of the molecule is C=CC(=O)N1CCN(c2ccc3ncnc(Nc4ccc(Cc5ccc6c(c5)ncn6C)c(C)c4)c3c2)C[C@H]1C. The second kappa shape index (κ2) is 10.4. The molecule has 1 aliphatic heterocycles. The number of nitrogens with zero attached hydrogens (tertiary/aromatic N) is 6. The summed E-state index contributed by atoms with van der Waals surface area (Å²) in [5, 5.41) is 4.49. The van der Waals surface area contributed by atoms with E-state index in [1.807, 2.05) is 28.9 Å². The largest absolute Gasteiger partial charge is 0.368 e. The minimum absolute atomic E-state index is 0.0128. The molecule has 1 saturated heterocycles. The Hall–Kier alpha value is -4.72. The molecule has 1 N–H and O–H groups in total. The van der Waals surface area contributed by atoms with Crippen molar-refractivity contribution in [2.75, 3.05) is 29.9 Å². The maximum Gasteiger partial charge on any atom is 0.246 e. The summed E-state index contributed by atoms with van der Waals surface area (Å²) >= 11 is 0. The molecule has 2 aromatic heterocycles. The standard InChI is InChI=1S/C32H33N7O/c1-5-31(40)39-13-12-38(18-22(39)3)26-9-10-28-27(17-26)32(34-19-33-28)36-25-8-7-24(21(2)14-25)15-23-6-11-30-29(16-23)35-20-37(30)4/h5-11,14,16-17,19-20,22H,1,12-13,15,18H2,2-4H3,(H,33,34,36)/t22-/m1/s1. The van der Waals surface area contributed by atoms with E-state index >= 15 is 0 Å². The summed E-state index contributed by atoms with van der Waals surface area (Å²) in [5.74, 6) is 0.759. The van der Waals surface area contributed by atoms with Crippen molar-refractivity contribution < 1.29 is 4.79 Å². The molecule has 0 spiro atoms. The molecular formula is C32H33N7O. The molecule has 0 saturated carbocycles. The van der Waals surface area contributed by atoms with E-state index in [4.69, 9.17) is 0 Å². The summed E-state index contributed by atoms with van der Waals surface area (Å²) in [6, 6.07) is 19.3. The van der Waals surface area contributed by atoms with E-state index in [1.165, 1.54) is 22.8 Å². The molecule has 8 heteroatoms. The number of rotatable bonds is 6. The number of fused-ring (bicyclic) bond motifs is 2. The van der Waals surface area contributed by atoms with Gasteiger partial charge in [-0.25, -0.2) is 15.0 Å². The third kappa shape index (κ3) is 4.88. The van der Waals surface area contributed by atoms with Gasteiger partial charge in [0.2, 0.25) is 5.91 Å². The van der Waals surface area contributed by atoms with E-state index < -0.39 is 0 Å². The lowest BCUT2D eigenvalue weighted by molar-refractivity contribution is -0.128. The van der Waals surface area contributed by atoms with Crippen LogP contribution >= 0.6 is 0 Å². The third-order valence-corrected chi connectivity index (χ3v) is 7.86. The Kier molecular flexibility index (Phi) is 6.67. The topological polar surface area (TPSA) is 79.2 Å². The number of aromatic nitrogens is 4. The smallest absolute Gasteiger partial charge is 0.246 e. The minimum Gasteiger partial charge on any atom is -0.368 e. The Morgan fingerprint density at radius 2 is 1.93 bits per heavy atom. The number of nitrogens with one attached hydrogen (secondary N) is 1.